The molecule has 2 heterocycles. The van der Waals surface area contributed by atoms with Gasteiger partial charge in [0.25, 0.3) is 0 Å². The highest BCUT2D eigenvalue weighted by molar-refractivity contribution is 5.89. The highest BCUT2D eigenvalue weighted by Crippen LogP contribution is 2.34. The van der Waals surface area contributed by atoms with Gasteiger partial charge in [0.15, 0.2) is 0 Å². The fraction of sp³-hybridized carbons (Fsp3) is 0.182. The van der Waals surface area contributed by atoms with E-state index in [2.05, 4.69) is 76.6 Å². The lowest BCUT2D eigenvalue weighted by atomic mass is 10.0. The van der Waals surface area contributed by atoms with Crippen molar-refractivity contribution < 1.29 is 0 Å². The Morgan fingerprint density at radius 3 is 2.67 bits per heavy atom. The van der Waals surface area contributed by atoms with E-state index >= 15 is 0 Å². The Hall–Kier alpha value is -2.74. The van der Waals surface area contributed by atoms with Gasteiger partial charge in [-0.1, -0.05) is 54.6 Å². The van der Waals surface area contributed by atoms with Crippen molar-refractivity contribution in [2.24, 2.45) is 0 Å². The van der Waals surface area contributed by atoms with Crippen LogP contribution in [-0.4, -0.2) is 11.5 Å². The van der Waals surface area contributed by atoms with E-state index in [4.69, 9.17) is 0 Å². The molecule has 4 aromatic rings. The topological polar surface area (TPSA) is 19.0 Å². The summed E-state index contributed by atoms with van der Waals surface area (Å²) in [4.78, 5) is 6.15. The number of aryl methyl sites for hydroxylation is 1. The summed E-state index contributed by atoms with van der Waals surface area (Å²) in [6.45, 7) is 2.08. The molecule has 5 rings (SSSR count). The summed E-state index contributed by atoms with van der Waals surface area (Å²) in [5.41, 5.74) is 4.12. The molecular formula is C22H20N2. The predicted octanol–water partition coefficient (Wildman–Crippen LogP) is 5.27. The summed E-state index contributed by atoms with van der Waals surface area (Å²) in [5.74, 6) is 1.32. The first-order valence-electron chi connectivity index (χ1n) is 8.71. The van der Waals surface area contributed by atoms with E-state index in [1.54, 1.807) is 0 Å². The highest BCUT2D eigenvalue weighted by Gasteiger charge is 2.21. The van der Waals surface area contributed by atoms with E-state index < -0.39 is 0 Å². The van der Waals surface area contributed by atoms with Gasteiger partial charge in [0.2, 0.25) is 0 Å². The number of aromatic nitrogens is 1. The van der Waals surface area contributed by atoms with Gasteiger partial charge in [0, 0.05) is 29.6 Å². The summed E-state index contributed by atoms with van der Waals surface area (Å²) in [6.07, 6.45) is 2.40. The van der Waals surface area contributed by atoms with Crippen LogP contribution in [-0.2, 0) is 13.0 Å². The quantitative estimate of drug-likeness (QED) is 0.534. The average Bonchev–Trinajstić information content (AvgIpc) is 3.02. The number of aromatic amines is 1. The summed E-state index contributed by atoms with van der Waals surface area (Å²) in [7, 11) is 0. The van der Waals surface area contributed by atoms with E-state index in [0.29, 0.717) is 0 Å². The van der Waals surface area contributed by atoms with Crippen molar-refractivity contribution in [3.05, 3.63) is 77.9 Å². The molecule has 1 N–H and O–H groups in total. The summed E-state index contributed by atoms with van der Waals surface area (Å²) < 4.78 is 0. The fourth-order valence-corrected chi connectivity index (χ4v) is 3.98. The van der Waals surface area contributed by atoms with Crippen LogP contribution < -0.4 is 4.90 Å². The zero-order valence-corrected chi connectivity index (χ0v) is 13.6. The molecular weight excluding hydrogens is 292 g/mol. The van der Waals surface area contributed by atoms with Crippen molar-refractivity contribution >= 4 is 27.5 Å². The third-order valence-corrected chi connectivity index (χ3v) is 5.15. The van der Waals surface area contributed by atoms with Crippen molar-refractivity contribution in [3.63, 3.8) is 0 Å². The zero-order chi connectivity index (χ0) is 15.9. The Balaban J connectivity index is 1.53. The number of nitrogens with one attached hydrogen (secondary N) is 1. The number of anilines is 1. The van der Waals surface area contributed by atoms with Crippen molar-refractivity contribution in [2.45, 2.75) is 19.4 Å². The molecule has 0 amide bonds. The van der Waals surface area contributed by atoms with Gasteiger partial charge in [-0.15, -0.1) is 0 Å². The number of para-hydroxylation sites is 1. The molecule has 1 aliphatic rings. The summed E-state index contributed by atoms with van der Waals surface area (Å²) >= 11 is 0. The van der Waals surface area contributed by atoms with Gasteiger partial charge in [-0.3, -0.25) is 0 Å². The molecule has 0 bridgehead atoms. The minimum atomic E-state index is 0.963. The molecule has 118 valence electrons. The van der Waals surface area contributed by atoms with Crippen LogP contribution in [0, 0.1) is 0 Å². The predicted molar refractivity (Wildman–Crippen MR) is 102 cm³/mol. The van der Waals surface area contributed by atoms with Crippen LogP contribution in [0.5, 0.6) is 0 Å². The van der Waals surface area contributed by atoms with Gasteiger partial charge in [0.1, 0.15) is 5.82 Å². The van der Waals surface area contributed by atoms with Gasteiger partial charge in [-0.25, -0.2) is 0 Å². The molecule has 3 aromatic carbocycles. The molecule has 0 saturated carbocycles. The van der Waals surface area contributed by atoms with Crippen LogP contribution in [0.2, 0.25) is 0 Å². The maximum atomic E-state index is 3.65. The minimum absolute atomic E-state index is 0.963. The Kier molecular flexibility index (Phi) is 3.08. The normalized spacial score (nSPS) is 14.2. The Morgan fingerprint density at radius 2 is 1.71 bits per heavy atom. The first-order chi connectivity index (χ1) is 11.9. The van der Waals surface area contributed by atoms with Gasteiger partial charge in [0.05, 0.1) is 0 Å². The number of hydrogen-bond acceptors (Lipinski definition) is 1. The fourth-order valence-electron chi connectivity index (χ4n) is 3.98. The maximum absolute atomic E-state index is 3.65. The van der Waals surface area contributed by atoms with Crippen LogP contribution in [0.4, 0.5) is 5.82 Å². The molecule has 2 nitrogen and oxygen atoms in total. The molecule has 1 aliphatic heterocycles. The monoisotopic (exact) mass is 312 g/mol. The summed E-state index contributed by atoms with van der Waals surface area (Å²) in [6, 6.07) is 24.1. The van der Waals surface area contributed by atoms with E-state index in [1.807, 2.05) is 0 Å². The minimum Gasteiger partial charge on any atom is -0.354 e. The average molecular weight is 312 g/mol. The van der Waals surface area contributed by atoms with E-state index in [1.165, 1.54) is 51.5 Å². The molecule has 0 spiro atoms. The van der Waals surface area contributed by atoms with Crippen LogP contribution in [0.1, 0.15) is 17.5 Å². The second kappa shape index (κ2) is 5.41. The van der Waals surface area contributed by atoms with Crippen molar-refractivity contribution in [1.29, 1.82) is 0 Å². The maximum Gasteiger partial charge on any atom is 0.110 e. The van der Waals surface area contributed by atoms with E-state index in [-0.39, 0.29) is 0 Å². The largest absolute Gasteiger partial charge is 0.354 e. The van der Waals surface area contributed by atoms with Crippen LogP contribution in [0.25, 0.3) is 21.7 Å². The van der Waals surface area contributed by atoms with Crippen molar-refractivity contribution in [2.75, 3.05) is 11.4 Å². The van der Waals surface area contributed by atoms with Gasteiger partial charge in [-0.05, 0) is 41.3 Å². The smallest absolute Gasteiger partial charge is 0.110 e. The standard InChI is InChI=1S/C22H20N2/c1-2-7-18-14-16(11-12-17(18)6-1)15-24-13-5-9-20-19-8-3-4-10-21(19)23-22(20)24/h1-4,6-8,10-12,14,23H,5,9,13,15H2. The molecule has 0 saturated heterocycles. The van der Waals surface area contributed by atoms with Gasteiger partial charge < -0.3 is 9.88 Å². The van der Waals surface area contributed by atoms with Crippen molar-refractivity contribution in [1.82, 2.24) is 4.98 Å². The first-order valence-corrected chi connectivity index (χ1v) is 8.71. The number of hydrogen-bond donors (Lipinski definition) is 1. The number of H-pyrrole nitrogens is 1. The van der Waals surface area contributed by atoms with Crippen LogP contribution >= 0.6 is 0 Å². The third kappa shape index (κ3) is 2.18. The molecule has 0 unspecified atom stereocenters. The number of benzene rings is 3. The molecule has 2 heteroatoms. The lowest BCUT2D eigenvalue weighted by Gasteiger charge is -2.29. The lowest BCUT2D eigenvalue weighted by Crippen LogP contribution is -2.28. The van der Waals surface area contributed by atoms with Gasteiger partial charge >= 0.3 is 0 Å². The second-order valence-corrected chi connectivity index (χ2v) is 6.70. The molecule has 0 radical (unpaired) electrons. The first kappa shape index (κ1) is 13.7. The number of rotatable bonds is 2. The molecule has 0 aliphatic carbocycles. The molecule has 1 aromatic heterocycles. The van der Waals surface area contributed by atoms with Crippen LogP contribution in [0.3, 0.4) is 0 Å². The van der Waals surface area contributed by atoms with Crippen molar-refractivity contribution in [3.8, 4) is 0 Å². The third-order valence-electron chi connectivity index (χ3n) is 5.15. The zero-order valence-electron chi connectivity index (χ0n) is 13.6. The van der Waals surface area contributed by atoms with Crippen LogP contribution in [0.15, 0.2) is 66.7 Å². The Labute approximate surface area is 141 Å². The summed E-state index contributed by atoms with van der Waals surface area (Å²) in [5, 5.41) is 4.02. The Morgan fingerprint density at radius 1 is 0.875 bits per heavy atom. The number of nitrogens with zero attached hydrogens (tertiary/aromatic N) is 1. The van der Waals surface area contributed by atoms with E-state index in [9.17, 15) is 0 Å². The highest BCUT2D eigenvalue weighted by atomic mass is 15.2. The number of fused-ring (bicyclic) bond motifs is 4. The molecule has 0 atom stereocenters. The molecule has 0 fully saturated rings. The Bertz CT molecular complexity index is 1030. The lowest BCUT2D eigenvalue weighted by molar-refractivity contribution is 0.687. The SMILES string of the molecule is c1ccc2cc(CN3CCCc4c3[nH]c3ccccc43)ccc2c1. The molecule has 24 heavy (non-hydrogen) atoms. The van der Waals surface area contributed by atoms with Gasteiger partial charge in [-0.2, -0.15) is 0 Å². The van der Waals surface area contributed by atoms with E-state index in [0.717, 1.165) is 13.1 Å². The second-order valence-electron chi connectivity index (χ2n) is 6.70.